The Morgan fingerprint density at radius 2 is 2.10 bits per heavy atom. The van der Waals surface area contributed by atoms with Crippen LogP contribution in [0.4, 0.5) is 5.82 Å². The summed E-state index contributed by atoms with van der Waals surface area (Å²) in [5.74, 6) is 1.47. The predicted octanol–water partition coefficient (Wildman–Crippen LogP) is 1.47. The molecular formula is C15H17N5. The largest absolute Gasteiger partial charge is 0.400 e. The number of nitriles is 1. The zero-order chi connectivity index (χ0) is 13.9. The number of nitrogens with zero attached hydrogens (tertiary/aromatic N) is 4. The van der Waals surface area contributed by atoms with Gasteiger partial charge in [-0.2, -0.15) is 5.26 Å². The molecule has 0 radical (unpaired) electrons. The molecule has 0 spiro atoms. The van der Waals surface area contributed by atoms with E-state index in [0.717, 1.165) is 43.2 Å². The highest BCUT2D eigenvalue weighted by Gasteiger charge is 2.24. The molecule has 1 aromatic heterocycles. The summed E-state index contributed by atoms with van der Waals surface area (Å²) in [6.07, 6.45) is 5.81. The molecule has 0 atom stereocenters. The van der Waals surface area contributed by atoms with E-state index >= 15 is 0 Å². The monoisotopic (exact) mass is 267 g/mol. The third-order valence-electron chi connectivity index (χ3n) is 3.89. The highest BCUT2D eigenvalue weighted by atomic mass is 15.2. The first-order valence-electron chi connectivity index (χ1n) is 6.88. The minimum Gasteiger partial charge on any atom is -0.400 e. The lowest BCUT2D eigenvalue weighted by Gasteiger charge is -2.32. The highest BCUT2D eigenvalue weighted by Crippen LogP contribution is 2.24. The van der Waals surface area contributed by atoms with Gasteiger partial charge in [0.1, 0.15) is 11.9 Å². The fraction of sp³-hybridized carbons (Fsp3) is 0.400. The van der Waals surface area contributed by atoms with Gasteiger partial charge in [0, 0.05) is 36.6 Å². The maximum absolute atomic E-state index is 8.78. The van der Waals surface area contributed by atoms with E-state index in [9.17, 15) is 0 Å². The molecule has 0 saturated carbocycles. The molecule has 102 valence electrons. The van der Waals surface area contributed by atoms with Gasteiger partial charge >= 0.3 is 0 Å². The molecule has 2 aliphatic heterocycles. The van der Waals surface area contributed by atoms with Crippen molar-refractivity contribution in [2.45, 2.75) is 12.8 Å². The van der Waals surface area contributed by atoms with Gasteiger partial charge < -0.3 is 10.6 Å². The summed E-state index contributed by atoms with van der Waals surface area (Å²) in [7, 11) is 0. The average Bonchev–Trinajstić information content (AvgIpc) is 2.94. The Bertz CT molecular complexity index is 586. The topological polar surface area (TPSA) is 78.3 Å². The number of aliphatic imine (C=N–C) groups is 1. The number of anilines is 1. The Balaban J connectivity index is 1.62. The van der Waals surface area contributed by atoms with Crippen LogP contribution in [0.5, 0.6) is 0 Å². The van der Waals surface area contributed by atoms with Crippen LogP contribution in [0.15, 0.2) is 35.1 Å². The molecule has 0 bridgehead atoms. The first-order chi connectivity index (χ1) is 9.76. The second-order valence-electron chi connectivity index (χ2n) is 5.24. The molecule has 3 rings (SSSR count). The van der Waals surface area contributed by atoms with E-state index in [1.807, 2.05) is 18.2 Å². The van der Waals surface area contributed by atoms with Crippen LogP contribution in [0.3, 0.4) is 0 Å². The third kappa shape index (κ3) is 2.50. The Morgan fingerprint density at radius 3 is 2.65 bits per heavy atom. The number of pyridine rings is 1. The molecule has 20 heavy (non-hydrogen) atoms. The molecule has 0 aliphatic carbocycles. The Hall–Kier alpha value is -2.35. The summed E-state index contributed by atoms with van der Waals surface area (Å²) in [4.78, 5) is 11.1. The average molecular weight is 267 g/mol. The molecule has 0 aromatic carbocycles. The van der Waals surface area contributed by atoms with E-state index in [-0.39, 0.29) is 0 Å². The van der Waals surface area contributed by atoms with E-state index in [1.54, 1.807) is 6.20 Å². The third-order valence-corrected chi connectivity index (χ3v) is 3.89. The molecule has 0 amide bonds. The summed E-state index contributed by atoms with van der Waals surface area (Å²) >= 11 is 0. The fourth-order valence-corrected chi connectivity index (χ4v) is 2.75. The molecule has 1 aromatic rings. The molecule has 2 N–H and O–H groups in total. The van der Waals surface area contributed by atoms with Crippen molar-refractivity contribution in [2.75, 3.05) is 24.5 Å². The number of rotatable bonds is 2. The number of nitrogens with two attached hydrogens (primary N) is 1. The van der Waals surface area contributed by atoms with Gasteiger partial charge in [0.15, 0.2) is 0 Å². The van der Waals surface area contributed by atoms with Crippen molar-refractivity contribution in [3.63, 3.8) is 0 Å². The minimum absolute atomic E-state index is 0.519. The van der Waals surface area contributed by atoms with Gasteiger partial charge in [-0.15, -0.1) is 0 Å². The fourth-order valence-electron chi connectivity index (χ4n) is 2.75. The molecule has 1 fully saturated rings. The second kappa shape index (κ2) is 5.33. The molecular weight excluding hydrogens is 250 g/mol. The number of piperidine rings is 1. The van der Waals surface area contributed by atoms with Crippen molar-refractivity contribution in [1.82, 2.24) is 4.98 Å². The Kier molecular flexibility index (Phi) is 3.38. The first kappa shape index (κ1) is 12.7. The maximum atomic E-state index is 8.78. The summed E-state index contributed by atoms with van der Waals surface area (Å²) in [5.41, 5.74) is 8.41. The quantitative estimate of drug-likeness (QED) is 0.880. The molecule has 5 heteroatoms. The van der Waals surface area contributed by atoms with Crippen LogP contribution in [-0.2, 0) is 0 Å². The number of hydrogen-bond acceptors (Lipinski definition) is 5. The van der Waals surface area contributed by atoms with Crippen LogP contribution in [0, 0.1) is 17.2 Å². The molecule has 2 aliphatic rings. The lowest BCUT2D eigenvalue weighted by atomic mass is 9.92. The smallest absolute Gasteiger partial charge is 0.128 e. The van der Waals surface area contributed by atoms with Crippen LogP contribution < -0.4 is 10.6 Å². The van der Waals surface area contributed by atoms with Gasteiger partial charge in [0.25, 0.3) is 0 Å². The van der Waals surface area contributed by atoms with Gasteiger partial charge in [0.2, 0.25) is 0 Å². The van der Waals surface area contributed by atoms with Crippen molar-refractivity contribution in [3.8, 4) is 6.07 Å². The predicted molar refractivity (Wildman–Crippen MR) is 78.5 cm³/mol. The standard InChI is InChI=1S/C15H17N5/c16-8-11-1-2-15(19-9-11)20-5-3-12(4-6-20)14-7-13(17)10-18-14/h1-2,7,9,12H,3-6,10,17H2. The van der Waals surface area contributed by atoms with Gasteiger partial charge in [-0.1, -0.05) is 0 Å². The van der Waals surface area contributed by atoms with Crippen LogP contribution in [0.1, 0.15) is 18.4 Å². The lowest BCUT2D eigenvalue weighted by Crippen LogP contribution is -2.36. The van der Waals surface area contributed by atoms with Crippen molar-refractivity contribution < 1.29 is 0 Å². The van der Waals surface area contributed by atoms with E-state index < -0.39 is 0 Å². The van der Waals surface area contributed by atoms with Gasteiger partial charge in [-0.3, -0.25) is 4.99 Å². The maximum Gasteiger partial charge on any atom is 0.128 e. The van der Waals surface area contributed by atoms with E-state index in [2.05, 4.69) is 20.9 Å². The number of allylic oxidation sites excluding steroid dienone is 1. The first-order valence-corrected chi connectivity index (χ1v) is 6.88. The lowest BCUT2D eigenvalue weighted by molar-refractivity contribution is 0.501. The van der Waals surface area contributed by atoms with E-state index in [1.165, 1.54) is 0 Å². The number of aromatic nitrogens is 1. The van der Waals surface area contributed by atoms with E-state index in [0.29, 0.717) is 18.0 Å². The van der Waals surface area contributed by atoms with Crippen LogP contribution >= 0.6 is 0 Å². The number of hydrogen-bond donors (Lipinski definition) is 1. The SMILES string of the molecule is N#Cc1ccc(N2CCC(C3=NCC(N)=C3)CC2)nc1. The molecule has 1 saturated heterocycles. The Labute approximate surface area is 118 Å². The van der Waals surface area contributed by atoms with Gasteiger partial charge in [-0.25, -0.2) is 4.98 Å². The van der Waals surface area contributed by atoms with Crippen LogP contribution in [0.2, 0.25) is 0 Å². The van der Waals surface area contributed by atoms with Crippen molar-refractivity contribution >= 4 is 11.5 Å². The van der Waals surface area contributed by atoms with Crippen molar-refractivity contribution in [2.24, 2.45) is 16.6 Å². The van der Waals surface area contributed by atoms with Crippen LogP contribution in [-0.4, -0.2) is 30.3 Å². The highest BCUT2D eigenvalue weighted by molar-refractivity contribution is 5.99. The molecule has 5 nitrogen and oxygen atoms in total. The molecule has 3 heterocycles. The van der Waals surface area contributed by atoms with Gasteiger partial charge in [0.05, 0.1) is 12.1 Å². The van der Waals surface area contributed by atoms with E-state index in [4.69, 9.17) is 11.0 Å². The molecule has 0 unspecified atom stereocenters. The second-order valence-corrected chi connectivity index (χ2v) is 5.24. The summed E-state index contributed by atoms with van der Waals surface area (Å²) in [6, 6.07) is 5.83. The zero-order valence-corrected chi connectivity index (χ0v) is 11.3. The van der Waals surface area contributed by atoms with Crippen LogP contribution in [0.25, 0.3) is 0 Å². The minimum atomic E-state index is 0.519. The van der Waals surface area contributed by atoms with Crippen molar-refractivity contribution in [3.05, 3.63) is 35.7 Å². The Morgan fingerprint density at radius 1 is 1.30 bits per heavy atom. The van der Waals surface area contributed by atoms with Gasteiger partial charge in [-0.05, 0) is 31.1 Å². The summed E-state index contributed by atoms with van der Waals surface area (Å²) < 4.78 is 0. The summed E-state index contributed by atoms with van der Waals surface area (Å²) in [5, 5.41) is 8.78. The zero-order valence-electron chi connectivity index (χ0n) is 11.3. The van der Waals surface area contributed by atoms with Crippen molar-refractivity contribution in [1.29, 1.82) is 5.26 Å². The summed E-state index contributed by atoms with van der Waals surface area (Å²) in [6.45, 7) is 2.60. The normalized spacial score (nSPS) is 19.4.